The molecule has 0 bridgehead atoms. The number of hydrogen-bond acceptors (Lipinski definition) is 5. The van der Waals surface area contributed by atoms with Gasteiger partial charge < -0.3 is 23.4 Å². The first-order chi connectivity index (χ1) is 15.7. The Morgan fingerprint density at radius 2 is 1.88 bits per heavy atom. The van der Waals surface area contributed by atoms with Gasteiger partial charge in [0, 0.05) is 6.42 Å². The number of ketones is 1. The molecule has 0 saturated carbocycles. The van der Waals surface area contributed by atoms with E-state index in [1.54, 1.807) is 20.3 Å². The van der Waals surface area contributed by atoms with Crippen molar-refractivity contribution < 1.29 is 28.2 Å². The third-order valence-electron chi connectivity index (χ3n) is 7.24. The van der Waals surface area contributed by atoms with Gasteiger partial charge in [-0.15, -0.1) is 0 Å². The molecule has 0 fully saturated rings. The van der Waals surface area contributed by atoms with E-state index in [-0.39, 0.29) is 18.6 Å². The molecule has 0 amide bonds. The Morgan fingerprint density at radius 3 is 2.58 bits per heavy atom. The van der Waals surface area contributed by atoms with Crippen LogP contribution in [0.4, 0.5) is 0 Å². The van der Waals surface area contributed by atoms with Crippen LogP contribution in [0.5, 0.6) is 23.0 Å². The van der Waals surface area contributed by atoms with Crippen molar-refractivity contribution in [2.24, 2.45) is 0 Å². The SMILES string of the molecule is COc1cc(C)c(/C=C/C(=O)CC2c3c(cc4c(c3OC)OCO4)CC[N+]2(C)C)c(C)c1C. The highest BCUT2D eigenvalue weighted by Crippen LogP contribution is 2.51. The number of fused-ring (bicyclic) bond motifs is 2. The Labute approximate surface area is 196 Å². The lowest BCUT2D eigenvalue weighted by molar-refractivity contribution is -0.922. The number of nitrogens with zero attached hydrogens (tertiary/aromatic N) is 1. The van der Waals surface area contributed by atoms with Crippen molar-refractivity contribution in [2.45, 2.75) is 39.7 Å². The van der Waals surface area contributed by atoms with E-state index in [4.69, 9.17) is 18.9 Å². The minimum Gasteiger partial charge on any atom is -0.496 e. The van der Waals surface area contributed by atoms with Crippen LogP contribution in [0.2, 0.25) is 0 Å². The molecule has 2 aliphatic heterocycles. The third-order valence-corrected chi connectivity index (χ3v) is 7.24. The Hall–Kier alpha value is -2.99. The number of likely N-dealkylation sites (N-methyl/N-ethyl adjacent to an activating group) is 1. The topological polar surface area (TPSA) is 54.0 Å². The standard InChI is InChI=1S/C27H34NO5/c1-16-12-23(30-6)18(3)17(2)21(16)9-8-20(29)14-22-25-19(10-11-28(22,4)5)13-24-26(27(25)31-7)33-15-32-24/h8-9,12-13,22H,10-11,14-15H2,1-7H3/q+1/b9-8+. The minimum absolute atomic E-state index is 0.0323. The Morgan fingerprint density at radius 1 is 1.12 bits per heavy atom. The Bertz CT molecular complexity index is 1130. The second kappa shape index (κ2) is 8.75. The molecule has 1 unspecified atom stereocenters. The molecule has 6 heteroatoms. The zero-order chi connectivity index (χ0) is 23.9. The predicted octanol–water partition coefficient (Wildman–Crippen LogP) is 4.70. The second-order valence-corrected chi connectivity index (χ2v) is 9.55. The zero-order valence-corrected chi connectivity index (χ0v) is 20.7. The van der Waals surface area contributed by atoms with Gasteiger partial charge in [-0.3, -0.25) is 4.79 Å². The van der Waals surface area contributed by atoms with Crippen molar-refractivity contribution in [3.8, 4) is 23.0 Å². The number of quaternary nitrogens is 1. The molecule has 4 rings (SSSR count). The van der Waals surface area contributed by atoms with Crippen molar-refractivity contribution in [1.29, 1.82) is 0 Å². The van der Waals surface area contributed by atoms with Crippen LogP contribution in [0.3, 0.4) is 0 Å². The van der Waals surface area contributed by atoms with Crippen molar-refractivity contribution in [1.82, 2.24) is 0 Å². The summed E-state index contributed by atoms with van der Waals surface area (Å²) < 4.78 is 23.3. The van der Waals surface area contributed by atoms with E-state index >= 15 is 0 Å². The largest absolute Gasteiger partial charge is 0.496 e. The lowest BCUT2D eigenvalue weighted by Gasteiger charge is -2.43. The maximum absolute atomic E-state index is 13.2. The molecule has 2 aromatic carbocycles. The normalized spacial score (nSPS) is 18.3. The maximum Gasteiger partial charge on any atom is 0.231 e. The van der Waals surface area contributed by atoms with Gasteiger partial charge in [0.25, 0.3) is 0 Å². The van der Waals surface area contributed by atoms with Crippen LogP contribution in [-0.2, 0) is 11.2 Å². The average Bonchev–Trinajstić information content (AvgIpc) is 3.25. The van der Waals surface area contributed by atoms with Gasteiger partial charge in [-0.05, 0) is 66.8 Å². The molecule has 0 saturated heterocycles. The summed E-state index contributed by atoms with van der Waals surface area (Å²) in [6.07, 6.45) is 4.95. The van der Waals surface area contributed by atoms with Crippen molar-refractivity contribution in [3.05, 3.63) is 51.6 Å². The number of allylic oxidation sites excluding steroid dienone is 1. The van der Waals surface area contributed by atoms with Gasteiger partial charge in [0.2, 0.25) is 12.5 Å². The summed E-state index contributed by atoms with van der Waals surface area (Å²) >= 11 is 0. The molecule has 0 aliphatic carbocycles. The molecule has 0 N–H and O–H groups in total. The number of methoxy groups -OCH3 is 2. The molecular weight excluding hydrogens is 418 g/mol. The fourth-order valence-corrected chi connectivity index (χ4v) is 5.08. The van der Waals surface area contributed by atoms with Gasteiger partial charge in [0.1, 0.15) is 11.8 Å². The van der Waals surface area contributed by atoms with Crippen LogP contribution in [-0.4, -0.2) is 51.9 Å². The molecular formula is C27H34NO5+. The van der Waals surface area contributed by atoms with Gasteiger partial charge in [-0.25, -0.2) is 0 Å². The van der Waals surface area contributed by atoms with Gasteiger partial charge >= 0.3 is 0 Å². The van der Waals surface area contributed by atoms with E-state index in [2.05, 4.69) is 27.1 Å². The molecule has 0 radical (unpaired) electrons. The van der Waals surface area contributed by atoms with Gasteiger partial charge in [0.05, 0.1) is 46.8 Å². The number of benzene rings is 2. The number of aryl methyl sites for hydroxylation is 1. The summed E-state index contributed by atoms with van der Waals surface area (Å²) in [6.45, 7) is 7.29. The molecule has 176 valence electrons. The van der Waals surface area contributed by atoms with E-state index in [1.165, 1.54) is 5.56 Å². The number of rotatable bonds is 6. The lowest BCUT2D eigenvalue weighted by Crippen LogP contribution is -2.48. The molecule has 2 heterocycles. The van der Waals surface area contributed by atoms with E-state index < -0.39 is 0 Å². The van der Waals surface area contributed by atoms with Crippen molar-refractivity contribution >= 4 is 11.9 Å². The number of carbonyl (C=O) groups excluding carboxylic acids is 1. The van der Waals surface area contributed by atoms with Gasteiger partial charge in [-0.2, -0.15) is 0 Å². The first kappa shape index (κ1) is 23.2. The Balaban J connectivity index is 1.66. The summed E-state index contributed by atoms with van der Waals surface area (Å²) in [5, 5.41) is 0. The van der Waals surface area contributed by atoms with Crippen molar-refractivity contribution in [3.63, 3.8) is 0 Å². The minimum atomic E-state index is -0.0323. The third kappa shape index (κ3) is 4.08. The number of carbonyl (C=O) groups is 1. The summed E-state index contributed by atoms with van der Waals surface area (Å²) in [5.74, 6) is 3.03. The highest BCUT2D eigenvalue weighted by Gasteiger charge is 2.41. The molecule has 1 atom stereocenters. The van der Waals surface area contributed by atoms with E-state index in [1.807, 2.05) is 26.0 Å². The molecule has 0 aromatic heterocycles. The summed E-state index contributed by atoms with van der Waals surface area (Å²) in [5.41, 5.74) is 6.62. The summed E-state index contributed by atoms with van der Waals surface area (Å²) in [7, 11) is 7.69. The highest BCUT2D eigenvalue weighted by molar-refractivity contribution is 5.94. The first-order valence-electron chi connectivity index (χ1n) is 11.4. The van der Waals surface area contributed by atoms with Gasteiger partial charge in [-0.1, -0.05) is 6.08 Å². The quantitative estimate of drug-likeness (QED) is 0.470. The van der Waals surface area contributed by atoms with Crippen LogP contribution in [0.15, 0.2) is 18.2 Å². The molecule has 2 aromatic rings. The maximum atomic E-state index is 13.2. The van der Waals surface area contributed by atoms with E-state index in [0.29, 0.717) is 22.4 Å². The number of ether oxygens (including phenoxy) is 4. The van der Waals surface area contributed by atoms with Crippen molar-refractivity contribution in [2.75, 3.05) is 41.7 Å². The predicted molar refractivity (Wildman–Crippen MR) is 128 cm³/mol. The monoisotopic (exact) mass is 452 g/mol. The van der Waals surface area contributed by atoms with E-state index in [0.717, 1.165) is 52.3 Å². The first-order valence-corrected chi connectivity index (χ1v) is 11.4. The fraction of sp³-hybridized carbons (Fsp3) is 0.444. The second-order valence-electron chi connectivity index (χ2n) is 9.55. The lowest BCUT2D eigenvalue weighted by atomic mass is 9.86. The summed E-state index contributed by atoms with van der Waals surface area (Å²) in [6, 6.07) is 4.05. The van der Waals surface area contributed by atoms with Crippen LogP contribution in [0.25, 0.3) is 6.08 Å². The highest BCUT2D eigenvalue weighted by atomic mass is 16.7. The van der Waals surface area contributed by atoms with E-state index in [9.17, 15) is 4.79 Å². The smallest absolute Gasteiger partial charge is 0.231 e. The summed E-state index contributed by atoms with van der Waals surface area (Å²) in [4.78, 5) is 13.2. The van der Waals surface area contributed by atoms with Crippen LogP contribution in [0.1, 0.15) is 45.8 Å². The molecule has 33 heavy (non-hydrogen) atoms. The molecule has 2 aliphatic rings. The fourth-order valence-electron chi connectivity index (χ4n) is 5.08. The van der Waals surface area contributed by atoms with Crippen LogP contribution >= 0.6 is 0 Å². The van der Waals surface area contributed by atoms with Gasteiger partial charge in [0.15, 0.2) is 17.3 Å². The Kier molecular flexibility index (Phi) is 6.14. The van der Waals surface area contributed by atoms with Crippen LogP contribution < -0.4 is 18.9 Å². The van der Waals surface area contributed by atoms with Crippen LogP contribution in [0, 0.1) is 20.8 Å². The zero-order valence-electron chi connectivity index (χ0n) is 20.7. The number of hydrogen-bond donors (Lipinski definition) is 0. The average molecular weight is 453 g/mol. The molecule has 0 spiro atoms. The molecule has 6 nitrogen and oxygen atoms in total.